The fraction of sp³-hybridized carbons (Fsp3) is 0.182. The minimum absolute atomic E-state index is 0. The Morgan fingerprint density at radius 2 is 1.46 bits per heavy atom. The minimum Gasteiger partial charge on any atom is -0.442 e. The van der Waals surface area contributed by atoms with Crippen LogP contribution >= 0.6 is 0 Å². The van der Waals surface area contributed by atoms with E-state index in [-0.39, 0.29) is 46.4 Å². The van der Waals surface area contributed by atoms with Crippen molar-refractivity contribution in [2.24, 2.45) is 0 Å². The molecule has 15 nitrogen and oxygen atoms in total. The van der Waals surface area contributed by atoms with E-state index < -0.39 is 5.56 Å². The van der Waals surface area contributed by atoms with Crippen LogP contribution in [0.4, 0.5) is 0 Å². The fourth-order valence-electron chi connectivity index (χ4n) is 2.74. The second kappa shape index (κ2) is 11.4. The third kappa shape index (κ3) is 6.02. The summed E-state index contributed by atoms with van der Waals surface area (Å²) < 4.78 is 15.0. The Labute approximate surface area is 206 Å². The predicted molar refractivity (Wildman–Crippen MR) is 129 cm³/mol. The van der Waals surface area contributed by atoms with Gasteiger partial charge < -0.3 is 13.3 Å². The standard InChI is InChI=1S/3C7H5N3O2.CH4/c1-4-6-5(9-2-8-4)7(11)10-3-12-6;1-4-2-8-5-6(11)9-3-12-7(5)10-4;1-4-2-5(11)6-7(12-4)8-3-9-10-6;/h3*2-3H,1H3;1H4. The Balaban J connectivity index is 0.000000152. The number of fused-ring (bicyclic) bond motifs is 3. The van der Waals surface area contributed by atoms with Crippen molar-refractivity contribution in [1.82, 2.24) is 45.1 Å². The van der Waals surface area contributed by atoms with Crippen molar-refractivity contribution >= 4 is 33.6 Å². The maximum atomic E-state index is 11.2. The van der Waals surface area contributed by atoms with Crippen LogP contribution in [-0.4, -0.2) is 45.1 Å². The van der Waals surface area contributed by atoms with Crippen molar-refractivity contribution in [1.29, 1.82) is 0 Å². The molecule has 0 amide bonds. The Hall–Kier alpha value is -5.34. The van der Waals surface area contributed by atoms with Crippen molar-refractivity contribution in [2.75, 3.05) is 0 Å². The molecule has 0 atom stereocenters. The van der Waals surface area contributed by atoms with E-state index in [0.29, 0.717) is 22.7 Å². The molecule has 0 N–H and O–H groups in total. The molecule has 37 heavy (non-hydrogen) atoms. The van der Waals surface area contributed by atoms with Gasteiger partial charge in [0.05, 0.1) is 11.4 Å². The maximum Gasteiger partial charge on any atom is 0.303 e. The minimum atomic E-state index is -0.413. The molecule has 0 aliphatic heterocycles. The first-order chi connectivity index (χ1) is 17.3. The molecule has 0 fully saturated rings. The van der Waals surface area contributed by atoms with Gasteiger partial charge in [-0.3, -0.25) is 14.4 Å². The van der Waals surface area contributed by atoms with E-state index in [0.717, 1.165) is 12.8 Å². The Morgan fingerprint density at radius 3 is 2.22 bits per heavy atom. The molecule has 15 heteroatoms. The van der Waals surface area contributed by atoms with E-state index in [1.54, 1.807) is 20.8 Å². The lowest BCUT2D eigenvalue weighted by Crippen LogP contribution is -2.07. The Morgan fingerprint density at radius 1 is 0.730 bits per heavy atom. The Bertz CT molecular complexity index is 1850. The van der Waals surface area contributed by atoms with E-state index in [1.165, 1.54) is 24.9 Å². The fourth-order valence-corrected chi connectivity index (χ4v) is 2.74. The summed E-state index contributed by atoms with van der Waals surface area (Å²) in [7, 11) is 0. The molecule has 0 radical (unpaired) electrons. The van der Waals surface area contributed by atoms with Crippen LogP contribution in [0.5, 0.6) is 0 Å². The molecule has 0 unspecified atom stereocenters. The zero-order valence-electron chi connectivity index (χ0n) is 18.9. The molecule has 0 aromatic carbocycles. The van der Waals surface area contributed by atoms with Crippen LogP contribution in [0.15, 0.2) is 65.3 Å². The van der Waals surface area contributed by atoms with E-state index in [2.05, 4.69) is 45.1 Å². The van der Waals surface area contributed by atoms with Gasteiger partial charge in [0.15, 0.2) is 34.9 Å². The number of hydrogen-bond acceptors (Lipinski definition) is 15. The number of nitrogens with zero attached hydrogens (tertiary/aromatic N) is 9. The molecule has 6 aromatic rings. The molecule has 6 aromatic heterocycles. The van der Waals surface area contributed by atoms with Crippen molar-refractivity contribution in [3.8, 4) is 0 Å². The zero-order valence-corrected chi connectivity index (χ0v) is 18.9. The van der Waals surface area contributed by atoms with Crippen LogP contribution in [-0.2, 0) is 0 Å². The van der Waals surface area contributed by atoms with Crippen molar-refractivity contribution in [3.63, 3.8) is 0 Å². The van der Waals surface area contributed by atoms with E-state index in [4.69, 9.17) is 13.3 Å². The van der Waals surface area contributed by atoms with Crippen LogP contribution in [0.3, 0.4) is 0 Å². The lowest BCUT2D eigenvalue weighted by Gasteiger charge is -1.94. The maximum absolute atomic E-state index is 11.2. The molecule has 6 heterocycles. The summed E-state index contributed by atoms with van der Waals surface area (Å²) in [6.07, 6.45) is 6.22. The molecule has 0 saturated carbocycles. The lowest BCUT2D eigenvalue weighted by atomic mass is 10.4. The zero-order chi connectivity index (χ0) is 25.7. The highest BCUT2D eigenvalue weighted by Crippen LogP contribution is 2.07. The molecular formula is C22H19N9O6. The topological polar surface area (TPSA) is 207 Å². The quantitative estimate of drug-likeness (QED) is 0.286. The number of rotatable bonds is 0. The molecule has 0 bridgehead atoms. The van der Waals surface area contributed by atoms with Gasteiger partial charge in [-0.05, 0) is 20.8 Å². The summed E-state index contributed by atoms with van der Waals surface area (Å²) in [4.78, 5) is 59.3. The molecule has 6 rings (SSSR count). The first kappa shape index (κ1) is 26.3. The van der Waals surface area contributed by atoms with Crippen LogP contribution in [0.1, 0.15) is 24.6 Å². The van der Waals surface area contributed by atoms with Crippen LogP contribution in [0.25, 0.3) is 33.6 Å². The van der Waals surface area contributed by atoms with Crippen LogP contribution < -0.4 is 16.5 Å². The number of aromatic nitrogens is 9. The average molecular weight is 505 g/mol. The molecule has 188 valence electrons. The predicted octanol–water partition coefficient (Wildman–Crippen LogP) is 1.50. The van der Waals surface area contributed by atoms with Crippen molar-refractivity contribution in [2.45, 2.75) is 28.2 Å². The van der Waals surface area contributed by atoms with Gasteiger partial charge in [0, 0.05) is 12.3 Å². The second-order valence-corrected chi connectivity index (χ2v) is 6.95. The van der Waals surface area contributed by atoms with Gasteiger partial charge in [-0.2, -0.15) is 15.0 Å². The molecule has 0 aliphatic carbocycles. The summed E-state index contributed by atoms with van der Waals surface area (Å²) in [5, 5.41) is 7.09. The highest BCUT2D eigenvalue weighted by atomic mass is 16.3. The number of hydrogen-bond donors (Lipinski definition) is 0. The van der Waals surface area contributed by atoms with E-state index in [1.807, 2.05) is 0 Å². The Kier molecular flexibility index (Phi) is 8.09. The van der Waals surface area contributed by atoms with Gasteiger partial charge in [0.2, 0.25) is 5.43 Å². The van der Waals surface area contributed by atoms with Gasteiger partial charge in [-0.1, -0.05) is 7.43 Å². The van der Waals surface area contributed by atoms with Crippen molar-refractivity contribution < 1.29 is 13.3 Å². The van der Waals surface area contributed by atoms with Gasteiger partial charge in [-0.15, -0.1) is 10.2 Å². The third-order valence-electron chi connectivity index (χ3n) is 4.34. The SMILES string of the molecule is C.Cc1cc(=O)c2nncnc2o1.Cc1cnc2c(=O)ncoc2n1.Cc1ncnc2c(=O)ncoc12. The highest BCUT2D eigenvalue weighted by molar-refractivity contribution is 5.71. The van der Waals surface area contributed by atoms with Crippen molar-refractivity contribution in [3.05, 3.63) is 85.8 Å². The smallest absolute Gasteiger partial charge is 0.303 e. The lowest BCUT2D eigenvalue weighted by molar-refractivity contribution is 0.549. The number of aryl methyl sites for hydroxylation is 3. The average Bonchev–Trinajstić information content (AvgIpc) is 2.86. The first-order valence-corrected chi connectivity index (χ1v) is 10.0. The molecule has 0 aliphatic rings. The molecule has 0 saturated heterocycles. The summed E-state index contributed by atoms with van der Waals surface area (Å²) >= 11 is 0. The third-order valence-corrected chi connectivity index (χ3v) is 4.34. The molecule has 0 spiro atoms. The summed E-state index contributed by atoms with van der Waals surface area (Å²) in [5.41, 5.74) is 1.76. The second-order valence-electron chi connectivity index (χ2n) is 6.95. The van der Waals surface area contributed by atoms with Crippen LogP contribution in [0, 0.1) is 20.8 Å². The van der Waals surface area contributed by atoms with E-state index >= 15 is 0 Å². The van der Waals surface area contributed by atoms with Gasteiger partial charge in [0.25, 0.3) is 11.4 Å². The molecular weight excluding hydrogens is 486 g/mol. The first-order valence-electron chi connectivity index (χ1n) is 10.0. The van der Waals surface area contributed by atoms with Gasteiger partial charge >= 0.3 is 11.1 Å². The summed E-state index contributed by atoms with van der Waals surface area (Å²) in [5.74, 6) is 0.521. The largest absolute Gasteiger partial charge is 0.442 e. The normalized spacial score (nSPS) is 10.1. The van der Waals surface area contributed by atoms with Gasteiger partial charge in [-0.25, -0.2) is 19.9 Å². The van der Waals surface area contributed by atoms with Crippen LogP contribution in [0.2, 0.25) is 0 Å². The monoisotopic (exact) mass is 505 g/mol. The highest BCUT2D eigenvalue weighted by Gasteiger charge is 2.05. The summed E-state index contributed by atoms with van der Waals surface area (Å²) in [6, 6.07) is 1.36. The van der Waals surface area contributed by atoms with Gasteiger partial charge in [0.1, 0.15) is 18.4 Å². The summed E-state index contributed by atoms with van der Waals surface area (Å²) in [6.45, 7) is 5.20. The van der Waals surface area contributed by atoms with E-state index in [9.17, 15) is 14.4 Å².